The summed E-state index contributed by atoms with van der Waals surface area (Å²) in [5.74, 6) is -2.62. The van der Waals surface area contributed by atoms with Crippen molar-refractivity contribution in [1.82, 2.24) is 5.32 Å². The van der Waals surface area contributed by atoms with Gasteiger partial charge in [0.25, 0.3) is 11.8 Å². The molecule has 1 fully saturated rings. The number of urea groups is 1. The third-order valence-corrected chi connectivity index (χ3v) is 5.89. The number of ether oxygens (including phenoxy) is 1. The van der Waals surface area contributed by atoms with E-state index in [1.165, 1.54) is 43.5 Å². The van der Waals surface area contributed by atoms with E-state index in [1.54, 1.807) is 36.4 Å². The second kappa shape index (κ2) is 10.0. The average molecular weight is 537 g/mol. The van der Waals surface area contributed by atoms with Crippen LogP contribution in [-0.2, 0) is 20.7 Å². The molecule has 176 valence electrons. The summed E-state index contributed by atoms with van der Waals surface area (Å²) in [6.45, 7) is 0. The molecule has 1 aliphatic heterocycles. The van der Waals surface area contributed by atoms with E-state index in [1.807, 2.05) is 0 Å². The van der Waals surface area contributed by atoms with Crippen LogP contribution in [0.4, 0.5) is 14.9 Å². The molecule has 3 aromatic carbocycles. The van der Waals surface area contributed by atoms with Crippen LogP contribution < -0.4 is 10.2 Å². The van der Waals surface area contributed by atoms with Crippen LogP contribution in [0.5, 0.6) is 0 Å². The second-order valence-corrected chi connectivity index (χ2v) is 8.52. The zero-order valence-corrected chi connectivity index (χ0v) is 20.0. The molecule has 35 heavy (non-hydrogen) atoms. The Hall–Kier alpha value is -4.11. The van der Waals surface area contributed by atoms with Gasteiger partial charge in [-0.15, -0.1) is 0 Å². The van der Waals surface area contributed by atoms with E-state index in [-0.39, 0.29) is 29.1 Å². The molecule has 0 radical (unpaired) electrons. The number of benzene rings is 3. The molecule has 1 N–H and O–H groups in total. The van der Waals surface area contributed by atoms with E-state index in [0.29, 0.717) is 21.2 Å². The van der Waals surface area contributed by atoms with Gasteiger partial charge in [0.05, 0.1) is 18.4 Å². The minimum Gasteiger partial charge on any atom is -0.465 e. The number of hydrogen-bond acceptors (Lipinski definition) is 5. The smallest absolute Gasteiger partial charge is 0.337 e. The number of hydrogen-bond donors (Lipinski definition) is 1. The first-order chi connectivity index (χ1) is 16.8. The number of esters is 1. The van der Waals surface area contributed by atoms with Crippen molar-refractivity contribution in [3.8, 4) is 0 Å². The number of imide groups is 2. The average Bonchev–Trinajstić information content (AvgIpc) is 2.84. The highest BCUT2D eigenvalue weighted by Gasteiger charge is 2.37. The Labute approximate surface area is 208 Å². The number of amides is 4. The third-order valence-electron chi connectivity index (χ3n) is 5.39. The number of nitrogens with one attached hydrogen (secondary N) is 1. The zero-order chi connectivity index (χ0) is 25.1. The fourth-order valence-corrected chi connectivity index (χ4v) is 4.00. The quantitative estimate of drug-likeness (QED) is 0.291. The normalized spacial score (nSPS) is 14.8. The lowest BCUT2D eigenvalue weighted by molar-refractivity contribution is -0.122. The first-order valence-electron chi connectivity index (χ1n) is 10.4. The predicted molar refractivity (Wildman–Crippen MR) is 130 cm³/mol. The lowest BCUT2D eigenvalue weighted by atomic mass is 9.97. The van der Waals surface area contributed by atoms with Crippen LogP contribution in [0, 0.1) is 5.82 Å². The fraction of sp³-hybridized carbons (Fsp3) is 0.0769. The molecule has 0 spiro atoms. The molecular formula is C26H18BrFN2O5. The molecule has 0 bridgehead atoms. The molecule has 4 amide bonds. The van der Waals surface area contributed by atoms with Crippen molar-refractivity contribution >= 4 is 51.5 Å². The van der Waals surface area contributed by atoms with Gasteiger partial charge in [-0.3, -0.25) is 14.9 Å². The first kappa shape index (κ1) is 24.0. The molecule has 0 aliphatic carbocycles. The maximum atomic E-state index is 14.2. The summed E-state index contributed by atoms with van der Waals surface area (Å²) in [5, 5.41) is 2.17. The fourth-order valence-electron chi connectivity index (χ4n) is 3.62. The number of carbonyl (C=O) groups excluding carboxylic acids is 4. The summed E-state index contributed by atoms with van der Waals surface area (Å²) in [4.78, 5) is 50.8. The second-order valence-electron chi connectivity index (χ2n) is 7.61. The van der Waals surface area contributed by atoms with Crippen molar-refractivity contribution in [2.75, 3.05) is 12.0 Å². The number of halogens is 2. The lowest BCUT2D eigenvalue weighted by Gasteiger charge is -2.26. The summed E-state index contributed by atoms with van der Waals surface area (Å²) in [7, 11) is 1.24. The molecule has 1 heterocycles. The molecule has 0 saturated carbocycles. The summed E-state index contributed by atoms with van der Waals surface area (Å²) in [6, 6.07) is 16.3. The Balaban J connectivity index is 1.71. The molecule has 0 aromatic heterocycles. The van der Waals surface area contributed by atoms with Gasteiger partial charge in [-0.2, -0.15) is 0 Å². The van der Waals surface area contributed by atoms with Gasteiger partial charge in [-0.1, -0.05) is 40.2 Å². The van der Waals surface area contributed by atoms with Crippen molar-refractivity contribution in [2.24, 2.45) is 0 Å². The molecule has 1 saturated heterocycles. The van der Waals surface area contributed by atoms with Gasteiger partial charge in [-0.25, -0.2) is 18.9 Å². The van der Waals surface area contributed by atoms with Crippen LogP contribution in [-0.4, -0.2) is 30.9 Å². The van der Waals surface area contributed by atoms with Gasteiger partial charge in [0, 0.05) is 10.9 Å². The number of methoxy groups -OCH3 is 1. The van der Waals surface area contributed by atoms with Crippen molar-refractivity contribution in [2.45, 2.75) is 6.42 Å². The highest BCUT2D eigenvalue weighted by molar-refractivity contribution is 9.10. The van der Waals surface area contributed by atoms with Crippen LogP contribution in [0.3, 0.4) is 0 Å². The van der Waals surface area contributed by atoms with E-state index in [9.17, 15) is 23.6 Å². The summed E-state index contributed by atoms with van der Waals surface area (Å²) in [5.41, 5.74) is 1.78. The molecular weight excluding hydrogens is 519 g/mol. The van der Waals surface area contributed by atoms with Crippen LogP contribution in [0.2, 0.25) is 0 Å². The van der Waals surface area contributed by atoms with E-state index in [4.69, 9.17) is 0 Å². The molecule has 0 atom stereocenters. The lowest BCUT2D eigenvalue weighted by Crippen LogP contribution is -2.54. The van der Waals surface area contributed by atoms with Gasteiger partial charge in [0.1, 0.15) is 11.4 Å². The van der Waals surface area contributed by atoms with E-state index in [2.05, 4.69) is 26.0 Å². The molecule has 0 unspecified atom stereocenters. The monoisotopic (exact) mass is 536 g/mol. The number of anilines is 1. The van der Waals surface area contributed by atoms with Crippen molar-refractivity contribution < 1.29 is 28.3 Å². The summed E-state index contributed by atoms with van der Waals surface area (Å²) >= 11 is 3.38. The maximum Gasteiger partial charge on any atom is 0.337 e. The topological polar surface area (TPSA) is 92.8 Å². The van der Waals surface area contributed by atoms with Crippen molar-refractivity contribution in [3.05, 3.63) is 105 Å². The highest BCUT2D eigenvalue weighted by Crippen LogP contribution is 2.26. The van der Waals surface area contributed by atoms with Gasteiger partial charge < -0.3 is 4.74 Å². The number of nitrogens with zero attached hydrogens (tertiary/aromatic N) is 1. The molecule has 7 nitrogen and oxygen atoms in total. The molecule has 3 aromatic rings. The van der Waals surface area contributed by atoms with E-state index in [0.717, 1.165) is 4.90 Å². The van der Waals surface area contributed by atoms with Crippen molar-refractivity contribution in [1.29, 1.82) is 0 Å². The Kier molecular flexibility index (Phi) is 6.88. The third kappa shape index (κ3) is 5.04. The molecule has 9 heteroatoms. The van der Waals surface area contributed by atoms with Gasteiger partial charge in [0.2, 0.25) is 0 Å². The Bertz CT molecular complexity index is 1380. The number of barbiturate groups is 1. The highest BCUT2D eigenvalue weighted by atomic mass is 79.9. The minimum atomic E-state index is -0.913. The Morgan fingerprint density at radius 3 is 2.43 bits per heavy atom. The molecule has 4 rings (SSSR count). The van der Waals surface area contributed by atoms with Gasteiger partial charge >= 0.3 is 12.0 Å². The number of carbonyl (C=O) groups is 4. The largest absolute Gasteiger partial charge is 0.465 e. The van der Waals surface area contributed by atoms with E-state index >= 15 is 0 Å². The Morgan fingerprint density at radius 2 is 1.74 bits per heavy atom. The maximum absolute atomic E-state index is 14.2. The number of rotatable bonds is 5. The van der Waals surface area contributed by atoms with Crippen LogP contribution >= 0.6 is 15.9 Å². The summed E-state index contributed by atoms with van der Waals surface area (Å²) in [6.07, 6.45) is 1.60. The zero-order valence-electron chi connectivity index (χ0n) is 18.4. The van der Waals surface area contributed by atoms with Crippen molar-refractivity contribution in [3.63, 3.8) is 0 Å². The Morgan fingerprint density at radius 1 is 1.03 bits per heavy atom. The molecule has 1 aliphatic rings. The minimum absolute atomic E-state index is 0.166. The van der Waals surface area contributed by atoms with Crippen LogP contribution in [0.1, 0.15) is 27.0 Å². The van der Waals surface area contributed by atoms with Crippen LogP contribution in [0.25, 0.3) is 6.08 Å². The SMILES string of the molecule is COC(=O)c1ccc(N2C(=O)NC(=O)/C(=C\c3cc(Br)ccc3Cc3ccccc3F)C2=O)cc1. The summed E-state index contributed by atoms with van der Waals surface area (Å²) < 4.78 is 19.6. The van der Waals surface area contributed by atoms with Gasteiger partial charge in [0.15, 0.2) is 0 Å². The standard InChI is InChI=1S/C26H18BrFN2O5/c1-35-25(33)15-7-10-20(11-8-15)30-24(32)21(23(31)29-26(30)34)14-18-13-19(27)9-6-16(18)12-17-4-2-3-5-22(17)28/h2-11,13-14H,12H2,1H3,(H,29,31,34)/b21-14+. The first-order valence-corrected chi connectivity index (χ1v) is 11.2. The predicted octanol–water partition coefficient (Wildman–Crippen LogP) is 4.63. The van der Waals surface area contributed by atoms with Crippen LogP contribution in [0.15, 0.2) is 76.8 Å². The van der Waals surface area contributed by atoms with E-state index < -0.39 is 23.8 Å². The van der Waals surface area contributed by atoms with Gasteiger partial charge in [-0.05, 0) is 65.2 Å².